The molecular formula is C21H27ClN4O3S. The summed E-state index contributed by atoms with van der Waals surface area (Å²) in [5.74, 6) is 1.19. The van der Waals surface area contributed by atoms with E-state index in [9.17, 15) is 9.59 Å². The molecule has 0 aliphatic carbocycles. The van der Waals surface area contributed by atoms with Gasteiger partial charge in [0.05, 0.1) is 11.0 Å². The van der Waals surface area contributed by atoms with Crippen molar-refractivity contribution in [1.29, 1.82) is 0 Å². The number of aryl methyl sites for hydroxylation is 1. The number of anilines is 1. The second-order valence-electron chi connectivity index (χ2n) is 7.40. The number of hydrogen-bond acceptors (Lipinski definition) is 6. The second-order valence-corrected chi connectivity index (χ2v) is 9.17. The Kier molecular flexibility index (Phi) is 8.18. The average Bonchev–Trinajstić information content (AvgIpc) is 2.99. The minimum absolute atomic E-state index is 0.0743. The molecule has 0 spiro atoms. The third-order valence-electron chi connectivity index (χ3n) is 4.97. The van der Waals surface area contributed by atoms with Crippen LogP contribution in [0.1, 0.15) is 24.7 Å². The number of carbonyl (C=O) groups is 2. The van der Waals surface area contributed by atoms with Gasteiger partial charge in [0.2, 0.25) is 11.8 Å². The second kappa shape index (κ2) is 10.8. The summed E-state index contributed by atoms with van der Waals surface area (Å²) in [5, 5.41) is 6.84. The molecule has 30 heavy (non-hydrogen) atoms. The van der Waals surface area contributed by atoms with Gasteiger partial charge in [-0.25, -0.2) is 0 Å². The van der Waals surface area contributed by atoms with Crippen molar-refractivity contribution < 1.29 is 14.1 Å². The molecule has 9 heteroatoms. The quantitative estimate of drug-likeness (QED) is 0.696. The topological polar surface area (TPSA) is 78.7 Å². The van der Waals surface area contributed by atoms with Crippen molar-refractivity contribution in [3.63, 3.8) is 0 Å². The number of benzene rings is 1. The van der Waals surface area contributed by atoms with Gasteiger partial charge in [-0.05, 0) is 38.0 Å². The van der Waals surface area contributed by atoms with E-state index >= 15 is 0 Å². The number of halogens is 1. The first-order valence-electron chi connectivity index (χ1n) is 10.0. The Labute approximate surface area is 186 Å². The summed E-state index contributed by atoms with van der Waals surface area (Å²) >= 11 is 7.29. The summed E-state index contributed by atoms with van der Waals surface area (Å²) in [6.07, 6.45) is 0.936. The van der Waals surface area contributed by atoms with Crippen LogP contribution < -0.4 is 5.32 Å². The monoisotopic (exact) mass is 450 g/mol. The van der Waals surface area contributed by atoms with E-state index in [1.54, 1.807) is 19.9 Å². The average molecular weight is 451 g/mol. The van der Waals surface area contributed by atoms with E-state index in [1.165, 1.54) is 17.3 Å². The lowest BCUT2D eigenvalue weighted by molar-refractivity contribution is -0.128. The number of rotatable bonds is 7. The summed E-state index contributed by atoms with van der Waals surface area (Å²) in [7, 11) is 0. The third-order valence-corrected chi connectivity index (χ3v) is 6.35. The lowest BCUT2D eigenvalue weighted by atomic mass is 10.2. The van der Waals surface area contributed by atoms with E-state index in [0.29, 0.717) is 18.1 Å². The molecule has 2 heterocycles. The summed E-state index contributed by atoms with van der Waals surface area (Å²) < 4.78 is 4.94. The molecule has 2 aromatic rings. The summed E-state index contributed by atoms with van der Waals surface area (Å²) in [6, 6.07) is 9.55. The number of nitrogens with zero attached hydrogens (tertiary/aromatic N) is 3. The van der Waals surface area contributed by atoms with Gasteiger partial charge in [-0.3, -0.25) is 14.5 Å². The van der Waals surface area contributed by atoms with Crippen molar-refractivity contribution in [1.82, 2.24) is 15.0 Å². The lowest BCUT2D eigenvalue weighted by Crippen LogP contribution is -2.37. The van der Waals surface area contributed by atoms with E-state index in [4.69, 9.17) is 16.1 Å². The van der Waals surface area contributed by atoms with Gasteiger partial charge in [0.1, 0.15) is 5.76 Å². The minimum Gasteiger partial charge on any atom is -0.360 e. The molecule has 162 valence electrons. The van der Waals surface area contributed by atoms with E-state index in [0.717, 1.165) is 37.6 Å². The number of nitrogens with one attached hydrogen (secondary N) is 1. The molecule has 1 N–H and O–H groups in total. The Morgan fingerprint density at radius 1 is 1.23 bits per heavy atom. The van der Waals surface area contributed by atoms with Crippen LogP contribution in [-0.2, 0) is 16.1 Å². The molecule has 0 radical (unpaired) electrons. The number of thioether (sulfide) groups is 1. The van der Waals surface area contributed by atoms with Crippen LogP contribution in [0.5, 0.6) is 0 Å². The zero-order valence-corrected chi connectivity index (χ0v) is 18.8. The normalized spacial score (nSPS) is 16.2. The Hall–Kier alpha value is -2.03. The van der Waals surface area contributed by atoms with Crippen LogP contribution in [0.15, 0.2) is 34.9 Å². The van der Waals surface area contributed by atoms with Gasteiger partial charge in [0.15, 0.2) is 5.82 Å². The molecule has 1 aromatic carbocycles. The Balaban J connectivity index is 1.41. The highest BCUT2D eigenvalue weighted by molar-refractivity contribution is 8.01. The summed E-state index contributed by atoms with van der Waals surface area (Å²) in [6.45, 7) is 7.64. The fourth-order valence-electron chi connectivity index (χ4n) is 3.24. The van der Waals surface area contributed by atoms with Crippen molar-refractivity contribution >= 4 is 41.0 Å². The fraction of sp³-hybridized carbons (Fsp3) is 0.476. The number of amides is 2. The molecule has 3 rings (SSSR count). The smallest absolute Gasteiger partial charge is 0.238 e. The van der Waals surface area contributed by atoms with Gasteiger partial charge >= 0.3 is 0 Å². The molecule has 1 aliphatic heterocycles. The van der Waals surface area contributed by atoms with Gasteiger partial charge in [-0.2, -0.15) is 0 Å². The largest absolute Gasteiger partial charge is 0.360 e. The first kappa shape index (κ1) is 22.7. The standard InChI is InChI=1S/C21H27ClN4O3S/c1-15-12-19(24-29-15)23-21(28)16(2)30-14-20(27)26-9-3-8-25(10-11-26)13-17-4-6-18(22)7-5-17/h4-7,12,16H,3,8-11,13-14H2,1-2H3,(H,23,24,28). The van der Waals surface area contributed by atoms with Crippen molar-refractivity contribution in [2.45, 2.75) is 32.1 Å². The Morgan fingerprint density at radius 2 is 2.00 bits per heavy atom. The lowest BCUT2D eigenvalue weighted by Gasteiger charge is -2.22. The van der Waals surface area contributed by atoms with Gasteiger partial charge in [0.25, 0.3) is 0 Å². The molecule has 0 bridgehead atoms. The molecule has 1 fully saturated rings. The fourth-order valence-corrected chi connectivity index (χ4v) is 4.15. The highest BCUT2D eigenvalue weighted by Crippen LogP contribution is 2.17. The van der Waals surface area contributed by atoms with E-state index in [2.05, 4.69) is 15.4 Å². The highest BCUT2D eigenvalue weighted by Gasteiger charge is 2.22. The first-order valence-corrected chi connectivity index (χ1v) is 11.4. The van der Waals surface area contributed by atoms with E-state index in [-0.39, 0.29) is 22.8 Å². The Bertz CT molecular complexity index is 858. The summed E-state index contributed by atoms with van der Waals surface area (Å²) in [5.41, 5.74) is 1.22. The number of aromatic nitrogens is 1. The van der Waals surface area contributed by atoms with Crippen molar-refractivity contribution in [3.05, 3.63) is 46.7 Å². The zero-order valence-electron chi connectivity index (χ0n) is 17.3. The van der Waals surface area contributed by atoms with Crippen LogP contribution in [0.2, 0.25) is 5.02 Å². The molecule has 1 saturated heterocycles. The van der Waals surface area contributed by atoms with Crippen molar-refractivity contribution in [3.8, 4) is 0 Å². The molecule has 1 aliphatic rings. The molecule has 1 unspecified atom stereocenters. The maximum Gasteiger partial charge on any atom is 0.238 e. The molecule has 1 atom stereocenters. The van der Waals surface area contributed by atoms with Crippen molar-refractivity contribution in [2.24, 2.45) is 0 Å². The van der Waals surface area contributed by atoms with Crippen LogP contribution in [0.3, 0.4) is 0 Å². The first-order chi connectivity index (χ1) is 14.4. The molecule has 2 amide bonds. The Morgan fingerprint density at radius 3 is 2.70 bits per heavy atom. The molecule has 7 nitrogen and oxygen atoms in total. The third kappa shape index (κ3) is 6.75. The molecule has 0 saturated carbocycles. The maximum absolute atomic E-state index is 12.7. The SMILES string of the molecule is Cc1cc(NC(=O)C(C)SCC(=O)N2CCCN(Cc3ccc(Cl)cc3)CC2)no1. The van der Waals surface area contributed by atoms with E-state index < -0.39 is 0 Å². The predicted molar refractivity (Wildman–Crippen MR) is 120 cm³/mol. The maximum atomic E-state index is 12.7. The van der Waals surface area contributed by atoms with Gasteiger partial charge < -0.3 is 14.7 Å². The summed E-state index contributed by atoms with van der Waals surface area (Å²) in [4.78, 5) is 29.2. The number of hydrogen-bond donors (Lipinski definition) is 1. The van der Waals surface area contributed by atoms with Crippen LogP contribution in [-0.4, -0.2) is 64.0 Å². The van der Waals surface area contributed by atoms with Crippen LogP contribution >= 0.6 is 23.4 Å². The van der Waals surface area contributed by atoms with E-state index in [1.807, 2.05) is 29.2 Å². The van der Waals surface area contributed by atoms with Gasteiger partial charge in [-0.1, -0.05) is 28.9 Å². The number of carbonyl (C=O) groups excluding carboxylic acids is 2. The predicted octanol–water partition coefficient (Wildman–Crippen LogP) is 3.43. The van der Waals surface area contributed by atoms with Crippen LogP contribution in [0.4, 0.5) is 5.82 Å². The van der Waals surface area contributed by atoms with Crippen LogP contribution in [0, 0.1) is 6.92 Å². The van der Waals surface area contributed by atoms with Gasteiger partial charge in [0, 0.05) is 43.8 Å². The molecule has 1 aromatic heterocycles. The zero-order chi connectivity index (χ0) is 21.5. The van der Waals surface area contributed by atoms with Crippen LogP contribution in [0.25, 0.3) is 0 Å². The molecular weight excluding hydrogens is 424 g/mol. The van der Waals surface area contributed by atoms with Gasteiger partial charge in [-0.15, -0.1) is 11.8 Å². The minimum atomic E-state index is -0.362. The van der Waals surface area contributed by atoms with Crippen molar-refractivity contribution in [2.75, 3.05) is 37.2 Å². The highest BCUT2D eigenvalue weighted by atomic mass is 35.5.